The molecule has 1 atom stereocenters. The van der Waals surface area contributed by atoms with E-state index in [1.165, 1.54) is 6.92 Å². The van der Waals surface area contributed by atoms with Gasteiger partial charge in [0.05, 0.1) is 33.6 Å². The fourth-order valence-corrected chi connectivity index (χ4v) is 5.33. The number of hydrogen-bond acceptors (Lipinski definition) is 6. The van der Waals surface area contributed by atoms with Gasteiger partial charge in [0.1, 0.15) is 0 Å². The Bertz CT molecular complexity index is 1890. The van der Waals surface area contributed by atoms with Gasteiger partial charge in [0, 0.05) is 26.0 Å². The predicted molar refractivity (Wildman–Crippen MR) is 163 cm³/mol. The number of nitrogens with zero attached hydrogens (tertiary/aromatic N) is 2. The molecule has 6 rings (SSSR count). The van der Waals surface area contributed by atoms with Crippen LogP contribution in [0.3, 0.4) is 0 Å². The number of carbonyl (C=O) groups is 4. The number of carbonyl (C=O) groups excluding carboxylic acids is 4. The van der Waals surface area contributed by atoms with Crippen LogP contribution < -0.4 is 4.90 Å². The number of esters is 1. The molecule has 0 aliphatic carbocycles. The largest absolute Gasteiger partial charge is 0.451 e. The number of Topliss-reactive ketones (excluding diaryl/α,β-unsaturated/α-hetero) is 1. The standard InChI is InChI=1S/C33H20BrClN2O5/c1-18(30(38)20-6-11-22(35)12-7-20)42-33(41)27-17-29(36-28-15-10-21(34)16-26(27)28)19-8-13-23(14-9-19)37-31(39)24-4-2-3-5-25(24)32(37)40/h2-18H,1H3. The number of aromatic nitrogens is 1. The lowest BCUT2D eigenvalue weighted by Crippen LogP contribution is -2.29. The van der Waals surface area contributed by atoms with Crippen LogP contribution in [0, 0.1) is 0 Å². The maximum atomic E-state index is 13.4. The molecule has 7 nitrogen and oxygen atoms in total. The van der Waals surface area contributed by atoms with Gasteiger partial charge in [0.2, 0.25) is 5.78 Å². The van der Waals surface area contributed by atoms with E-state index in [1.807, 2.05) is 6.07 Å². The smallest absolute Gasteiger partial charge is 0.339 e. The maximum Gasteiger partial charge on any atom is 0.339 e. The average Bonchev–Trinajstić information content (AvgIpc) is 3.26. The van der Waals surface area contributed by atoms with Crippen LogP contribution >= 0.6 is 27.5 Å². The first-order valence-corrected chi connectivity index (χ1v) is 14.1. The normalized spacial score (nSPS) is 13.3. The molecular formula is C33H20BrClN2O5. The maximum absolute atomic E-state index is 13.4. The van der Waals surface area contributed by atoms with Crippen LogP contribution in [-0.2, 0) is 4.74 Å². The number of rotatable bonds is 6. The van der Waals surface area contributed by atoms with Gasteiger partial charge in [-0.2, -0.15) is 0 Å². The number of ether oxygens (including phenoxy) is 1. The van der Waals surface area contributed by atoms with Crippen molar-refractivity contribution in [3.63, 3.8) is 0 Å². The number of anilines is 1. The van der Waals surface area contributed by atoms with Crippen LogP contribution in [0.2, 0.25) is 5.02 Å². The average molecular weight is 640 g/mol. The molecule has 4 aromatic carbocycles. The number of hydrogen-bond donors (Lipinski definition) is 0. The molecule has 5 aromatic rings. The van der Waals surface area contributed by atoms with Crippen molar-refractivity contribution in [3.05, 3.63) is 129 Å². The summed E-state index contributed by atoms with van der Waals surface area (Å²) in [7, 11) is 0. The lowest BCUT2D eigenvalue weighted by atomic mass is 10.0. The number of pyridine rings is 1. The fraction of sp³-hybridized carbons (Fsp3) is 0.0606. The van der Waals surface area contributed by atoms with Crippen LogP contribution in [0.25, 0.3) is 22.2 Å². The zero-order valence-corrected chi connectivity index (χ0v) is 24.3. The molecule has 206 valence electrons. The van der Waals surface area contributed by atoms with Crippen LogP contribution in [0.4, 0.5) is 5.69 Å². The molecular weight excluding hydrogens is 620 g/mol. The van der Waals surface area contributed by atoms with Gasteiger partial charge in [-0.1, -0.05) is 51.8 Å². The summed E-state index contributed by atoms with van der Waals surface area (Å²) in [4.78, 5) is 58.0. The highest BCUT2D eigenvalue weighted by Gasteiger charge is 2.36. The molecule has 0 fully saturated rings. The molecule has 1 unspecified atom stereocenters. The van der Waals surface area contributed by atoms with Crippen molar-refractivity contribution in [1.29, 1.82) is 0 Å². The summed E-state index contributed by atoms with van der Waals surface area (Å²) in [5, 5.41) is 1.04. The zero-order chi connectivity index (χ0) is 29.5. The summed E-state index contributed by atoms with van der Waals surface area (Å²) in [6.07, 6.45) is -1.04. The second-order valence-corrected chi connectivity index (χ2v) is 11.0. The SMILES string of the molecule is CC(OC(=O)c1cc(-c2ccc(N3C(=O)c4ccccc4C3=O)cc2)nc2ccc(Br)cc12)C(=O)c1ccc(Cl)cc1. The van der Waals surface area contributed by atoms with Gasteiger partial charge in [-0.15, -0.1) is 0 Å². The van der Waals surface area contributed by atoms with Crippen molar-refractivity contribution >= 4 is 67.7 Å². The third kappa shape index (κ3) is 5.00. The van der Waals surface area contributed by atoms with Crippen molar-refractivity contribution in [2.24, 2.45) is 0 Å². The molecule has 0 radical (unpaired) electrons. The molecule has 1 aliphatic rings. The minimum absolute atomic E-state index is 0.233. The number of fused-ring (bicyclic) bond motifs is 2. The van der Waals surface area contributed by atoms with Crippen molar-refractivity contribution in [1.82, 2.24) is 4.98 Å². The molecule has 0 spiro atoms. The van der Waals surface area contributed by atoms with Crippen LogP contribution in [0.15, 0.2) is 102 Å². The Balaban J connectivity index is 1.31. The molecule has 1 aromatic heterocycles. The molecule has 0 N–H and O–H groups in total. The van der Waals surface area contributed by atoms with E-state index in [-0.39, 0.29) is 23.2 Å². The lowest BCUT2D eigenvalue weighted by Gasteiger charge is -2.16. The monoisotopic (exact) mass is 638 g/mol. The zero-order valence-electron chi connectivity index (χ0n) is 22.0. The molecule has 2 heterocycles. The number of halogens is 2. The second kappa shape index (κ2) is 11.0. The first-order valence-electron chi connectivity index (χ1n) is 12.9. The van der Waals surface area contributed by atoms with E-state index in [0.29, 0.717) is 49.6 Å². The van der Waals surface area contributed by atoms with E-state index in [1.54, 1.807) is 91.0 Å². The van der Waals surface area contributed by atoms with Crippen molar-refractivity contribution in [3.8, 4) is 11.3 Å². The molecule has 42 heavy (non-hydrogen) atoms. The molecule has 0 saturated carbocycles. The lowest BCUT2D eigenvalue weighted by molar-refractivity contribution is 0.0320. The Morgan fingerprint density at radius 3 is 2.14 bits per heavy atom. The van der Waals surface area contributed by atoms with E-state index in [0.717, 1.165) is 9.37 Å². The Morgan fingerprint density at radius 2 is 1.50 bits per heavy atom. The van der Waals surface area contributed by atoms with Crippen LogP contribution in [0.5, 0.6) is 0 Å². The topological polar surface area (TPSA) is 93.6 Å². The highest BCUT2D eigenvalue weighted by atomic mass is 79.9. The van der Waals surface area contributed by atoms with Gasteiger partial charge in [-0.3, -0.25) is 14.4 Å². The summed E-state index contributed by atoms with van der Waals surface area (Å²) in [5.41, 5.74) is 3.42. The van der Waals surface area contributed by atoms with Crippen LogP contribution in [0.1, 0.15) is 48.4 Å². The highest BCUT2D eigenvalue weighted by molar-refractivity contribution is 9.10. The predicted octanol–water partition coefficient (Wildman–Crippen LogP) is 7.55. The van der Waals surface area contributed by atoms with Gasteiger partial charge in [-0.05, 0) is 79.7 Å². The van der Waals surface area contributed by atoms with Crippen molar-refractivity contribution < 1.29 is 23.9 Å². The molecule has 0 saturated heterocycles. The number of amides is 2. The molecule has 1 aliphatic heterocycles. The molecule has 2 amide bonds. The quantitative estimate of drug-likeness (QED) is 0.108. The Hall–Kier alpha value is -4.66. The fourth-order valence-electron chi connectivity index (χ4n) is 4.85. The van der Waals surface area contributed by atoms with Crippen LogP contribution in [-0.4, -0.2) is 34.7 Å². The van der Waals surface area contributed by atoms with Gasteiger partial charge in [0.25, 0.3) is 11.8 Å². The van der Waals surface area contributed by atoms with Gasteiger partial charge >= 0.3 is 5.97 Å². The number of imide groups is 1. The number of benzene rings is 4. The van der Waals surface area contributed by atoms with Crippen molar-refractivity contribution in [2.45, 2.75) is 13.0 Å². The highest BCUT2D eigenvalue weighted by Crippen LogP contribution is 2.32. The van der Waals surface area contributed by atoms with Gasteiger partial charge < -0.3 is 4.74 Å². The van der Waals surface area contributed by atoms with E-state index >= 15 is 0 Å². The molecule has 0 bridgehead atoms. The van der Waals surface area contributed by atoms with E-state index < -0.39 is 12.1 Å². The third-order valence-corrected chi connectivity index (χ3v) is 7.73. The van der Waals surface area contributed by atoms with Gasteiger partial charge in [-0.25, -0.2) is 14.7 Å². The third-order valence-electron chi connectivity index (χ3n) is 6.99. The van der Waals surface area contributed by atoms with E-state index in [4.69, 9.17) is 21.3 Å². The first-order chi connectivity index (χ1) is 20.2. The Labute approximate surface area is 253 Å². The minimum Gasteiger partial charge on any atom is -0.451 e. The summed E-state index contributed by atoms with van der Waals surface area (Å²) < 4.78 is 6.36. The Kier molecular flexibility index (Phi) is 7.18. The summed E-state index contributed by atoms with van der Waals surface area (Å²) in [6.45, 7) is 1.52. The minimum atomic E-state index is -1.04. The van der Waals surface area contributed by atoms with Gasteiger partial charge in [0.15, 0.2) is 6.10 Å². The second-order valence-electron chi connectivity index (χ2n) is 9.67. The number of ketones is 1. The first kappa shape index (κ1) is 27.5. The summed E-state index contributed by atoms with van der Waals surface area (Å²) >= 11 is 9.37. The summed E-state index contributed by atoms with van der Waals surface area (Å²) in [6, 6.07) is 26.8. The molecule has 9 heteroatoms. The summed E-state index contributed by atoms with van der Waals surface area (Å²) in [5.74, 6) is -1.81. The van der Waals surface area contributed by atoms with Crippen molar-refractivity contribution in [2.75, 3.05) is 4.90 Å². The van der Waals surface area contributed by atoms with E-state index in [9.17, 15) is 19.2 Å². The van der Waals surface area contributed by atoms with E-state index in [2.05, 4.69) is 15.9 Å². The Morgan fingerprint density at radius 1 is 0.857 bits per heavy atom.